The number of nitrogens with one attached hydrogen (secondary N) is 1. The summed E-state index contributed by atoms with van der Waals surface area (Å²) in [5, 5.41) is 3.42. The number of rotatable bonds is 4. The van der Waals surface area contributed by atoms with Crippen LogP contribution in [0.4, 0.5) is 0 Å². The van der Waals surface area contributed by atoms with Crippen molar-refractivity contribution in [2.24, 2.45) is 5.92 Å². The van der Waals surface area contributed by atoms with Crippen molar-refractivity contribution in [2.75, 3.05) is 13.1 Å². The van der Waals surface area contributed by atoms with Crippen molar-refractivity contribution in [2.45, 2.75) is 38.1 Å². The Kier molecular flexibility index (Phi) is 2.49. The molecule has 3 rings (SSSR count). The summed E-state index contributed by atoms with van der Waals surface area (Å²) in [7, 11) is 0. The van der Waals surface area contributed by atoms with Crippen molar-refractivity contribution >= 4 is 0 Å². The van der Waals surface area contributed by atoms with Gasteiger partial charge in [0.1, 0.15) is 0 Å². The minimum absolute atomic E-state index is 0.701. The third-order valence-electron chi connectivity index (χ3n) is 3.70. The fourth-order valence-electron chi connectivity index (χ4n) is 2.49. The second kappa shape index (κ2) is 3.97. The Morgan fingerprint density at radius 1 is 1.40 bits per heavy atom. The van der Waals surface area contributed by atoms with E-state index in [0.29, 0.717) is 5.92 Å². The predicted molar refractivity (Wildman–Crippen MR) is 59.8 cm³/mol. The zero-order chi connectivity index (χ0) is 10.1. The molecule has 2 aliphatic rings. The van der Waals surface area contributed by atoms with Crippen LogP contribution in [0.15, 0.2) is 12.5 Å². The van der Waals surface area contributed by atoms with Crippen molar-refractivity contribution in [1.82, 2.24) is 14.9 Å². The zero-order valence-electron chi connectivity index (χ0n) is 9.15. The van der Waals surface area contributed by atoms with Crippen LogP contribution in [0.25, 0.3) is 0 Å². The Morgan fingerprint density at radius 2 is 2.33 bits per heavy atom. The first kappa shape index (κ1) is 9.40. The fourth-order valence-corrected chi connectivity index (χ4v) is 2.49. The Morgan fingerprint density at radius 3 is 3.07 bits per heavy atom. The summed E-state index contributed by atoms with van der Waals surface area (Å²) in [5.41, 5.74) is 1.45. The molecule has 2 fully saturated rings. The molecular weight excluding hydrogens is 186 g/mol. The van der Waals surface area contributed by atoms with E-state index in [-0.39, 0.29) is 0 Å². The van der Waals surface area contributed by atoms with Gasteiger partial charge in [0, 0.05) is 30.9 Å². The number of hydrogen-bond donors (Lipinski definition) is 1. The standard InChI is InChI=1S/C12H19N3/c1-2-10(1)4-6-15-9-14-8-12(15)11-3-5-13-7-11/h8-11,13H,1-7H2. The Bertz CT molecular complexity index is 321. The maximum absolute atomic E-state index is 4.30. The normalized spacial score (nSPS) is 26.0. The summed E-state index contributed by atoms with van der Waals surface area (Å²) in [6.45, 7) is 3.48. The van der Waals surface area contributed by atoms with E-state index in [1.807, 2.05) is 6.33 Å². The highest BCUT2D eigenvalue weighted by Crippen LogP contribution is 2.33. The molecule has 2 heterocycles. The molecule has 1 aromatic heterocycles. The van der Waals surface area contributed by atoms with Crippen LogP contribution in [0, 0.1) is 5.92 Å². The number of hydrogen-bond acceptors (Lipinski definition) is 2. The van der Waals surface area contributed by atoms with E-state index in [9.17, 15) is 0 Å². The van der Waals surface area contributed by atoms with E-state index >= 15 is 0 Å². The maximum atomic E-state index is 4.30. The zero-order valence-corrected chi connectivity index (χ0v) is 9.15. The van der Waals surface area contributed by atoms with E-state index in [2.05, 4.69) is 21.1 Å². The maximum Gasteiger partial charge on any atom is 0.0948 e. The third-order valence-corrected chi connectivity index (χ3v) is 3.70. The largest absolute Gasteiger partial charge is 0.334 e. The average molecular weight is 205 g/mol. The lowest BCUT2D eigenvalue weighted by atomic mass is 10.1. The third kappa shape index (κ3) is 2.07. The second-order valence-corrected chi connectivity index (χ2v) is 4.93. The molecule has 0 bridgehead atoms. The molecule has 1 atom stereocenters. The van der Waals surface area contributed by atoms with Gasteiger partial charge in [0.2, 0.25) is 0 Å². The van der Waals surface area contributed by atoms with E-state index in [1.165, 1.54) is 44.5 Å². The van der Waals surface area contributed by atoms with Crippen LogP contribution in [-0.2, 0) is 6.54 Å². The van der Waals surface area contributed by atoms with Crippen molar-refractivity contribution in [3.63, 3.8) is 0 Å². The molecule has 1 aromatic rings. The molecule has 0 aromatic carbocycles. The molecule has 1 saturated heterocycles. The second-order valence-electron chi connectivity index (χ2n) is 4.93. The van der Waals surface area contributed by atoms with E-state index in [1.54, 1.807) is 0 Å². The van der Waals surface area contributed by atoms with Crippen molar-refractivity contribution in [3.05, 3.63) is 18.2 Å². The molecule has 1 aliphatic carbocycles. The topological polar surface area (TPSA) is 29.9 Å². The summed E-state index contributed by atoms with van der Waals surface area (Å²) >= 11 is 0. The summed E-state index contributed by atoms with van der Waals surface area (Å²) in [6.07, 6.45) is 9.60. The number of nitrogens with zero attached hydrogens (tertiary/aromatic N) is 2. The molecule has 0 amide bonds. The van der Waals surface area contributed by atoms with Gasteiger partial charge in [-0.15, -0.1) is 0 Å². The lowest BCUT2D eigenvalue weighted by Gasteiger charge is -2.12. The number of imidazole rings is 1. The van der Waals surface area contributed by atoms with Gasteiger partial charge < -0.3 is 9.88 Å². The molecule has 82 valence electrons. The highest BCUT2D eigenvalue weighted by molar-refractivity contribution is 5.09. The van der Waals surface area contributed by atoms with Crippen LogP contribution in [0.2, 0.25) is 0 Å². The van der Waals surface area contributed by atoms with E-state index < -0.39 is 0 Å². The lowest BCUT2D eigenvalue weighted by Crippen LogP contribution is -2.11. The molecule has 1 aliphatic heterocycles. The van der Waals surface area contributed by atoms with Crippen LogP contribution in [-0.4, -0.2) is 22.6 Å². The van der Waals surface area contributed by atoms with E-state index in [4.69, 9.17) is 0 Å². The van der Waals surface area contributed by atoms with Gasteiger partial charge in [-0.25, -0.2) is 4.98 Å². The van der Waals surface area contributed by atoms with Crippen molar-refractivity contribution in [1.29, 1.82) is 0 Å². The van der Waals surface area contributed by atoms with Gasteiger partial charge in [0.05, 0.1) is 6.33 Å². The first-order valence-electron chi connectivity index (χ1n) is 6.14. The smallest absolute Gasteiger partial charge is 0.0948 e. The van der Waals surface area contributed by atoms with Gasteiger partial charge >= 0.3 is 0 Å². The highest BCUT2D eigenvalue weighted by Gasteiger charge is 2.23. The number of aryl methyl sites for hydroxylation is 1. The molecule has 15 heavy (non-hydrogen) atoms. The van der Waals surface area contributed by atoms with E-state index in [0.717, 1.165) is 12.5 Å². The Balaban J connectivity index is 1.67. The van der Waals surface area contributed by atoms with Crippen molar-refractivity contribution < 1.29 is 0 Å². The van der Waals surface area contributed by atoms with Gasteiger partial charge in [0.15, 0.2) is 0 Å². The molecule has 1 saturated carbocycles. The van der Waals surface area contributed by atoms with Crippen LogP contribution < -0.4 is 5.32 Å². The van der Waals surface area contributed by atoms with Gasteiger partial charge in [0.25, 0.3) is 0 Å². The first-order chi connectivity index (χ1) is 7.43. The molecule has 1 unspecified atom stereocenters. The minimum Gasteiger partial charge on any atom is -0.334 e. The fraction of sp³-hybridized carbons (Fsp3) is 0.750. The van der Waals surface area contributed by atoms with Crippen LogP contribution in [0.1, 0.15) is 37.3 Å². The quantitative estimate of drug-likeness (QED) is 0.811. The van der Waals surface area contributed by atoms with Gasteiger partial charge in [-0.1, -0.05) is 12.8 Å². The molecule has 3 heteroatoms. The van der Waals surface area contributed by atoms with Crippen LogP contribution in [0.5, 0.6) is 0 Å². The first-order valence-corrected chi connectivity index (χ1v) is 6.14. The average Bonchev–Trinajstić information content (AvgIpc) is 2.79. The molecular formula is C12H19N3. The summed E-state index contributed by atoms with van der Waals surface area (Å²) in [4.78, 5) is 4.30. The van der Waals surface area contributed by atoms with Gasteiger partial charge in [-0.05, 0) is 25.3 Å². The monoisotopic (exact) mass is 205 g/mol. The number of aromatic nitrogens is 2. The Labute approximate surface area is 90.9 Å². The summed E-state index contributed by atoms with van der Waals surface area (Å²) in [6, 6.07) is 0. The summed E-state index contributed by atoms with van der Waals surface area (Å²) in [5.74, 6) is 1.72. The lowest BCUT2D eigenvalue weighted by molar-refractivity contribution is 0.557. The van der Waals surface area contributed by atoms with Crippen molar-refractivity contribution in [3.8, 4) is 0 Å². The predicted octanol–water partition coefficient (Wildman–Crippen LogP) is 1.76. The van der Waals surface area contributed by atoms with Gasteiger partial charge in [-0.2, -0.15) is 0 Å². The molecule has 1 N–H and O–H groups in total. The summed E-state index contributed by atoms with van der Waals surface area (Å²) < 4.78 is 2.37. The Hall–Kier alpha value is -0.830. The highest BCUT2D eigenvalue weighted by atomic mass is 15.1. The molecule has 3 nitrogen and oxygen atoms in total. The van der Waals surface area contributed by atoms with Crippen LogP contribution >= 0.6 is 0 Å². The van der Waals surface area contributed by atoms with Gasteiger partial charge in [-0.3, -0.25) is 0 Å². The molecule has 0 spiro atoms. The minimum atomic E-state index is 0.701. The SMILES string of the molecule is c1ncn(CCC2CC2)c1C1CCNC1. The van der Waals surface area contributed by atoms with Crippen LogP contribution in [0.3, 0.4) is 0 Å². The molecule has 0 radical (unpaired) electrons.